The molecule has 0 saturated heterocycles. The number of hydrogen-bond donors (Lipinski definition) is 0. The topological polar surface area (TPSA) is 46.6 Å². The molecule has 0 unspecified atom stereocenters. The molecule has 1 aliphatic rings. The lowest BCUT2D eigenvalue weighted by Crippen LogP contribution is -2.38. The van der Waals surface area contributed by atoms with Gasteiger partial charge in [-0.05, 0) is 24.6 Å². The molecule has 2 aromatic rings. The van der Waals surface area contributed by atoms with Crippen LogP contribution in [0.25, 0.3) is 0 Å². The van der Waals surface area contributed by atoms with Crippen LogP contribution in [0.5, 0.6) is 0 Å². The maximum absolute atomic E-state index is 14.3. The molecule has 0 radical (unpaired) electrons. The Morgan fingerprint density at radius 3 is 2.50 bits per heavy atom. The van der Waals surface area contributed by atoms with Gasteiger partial charge in [0.1, 0.15) is 17.5 Å². The fourth-order valence-corrected chi connectivity index (χ4v) is 3.42. The quantitative estimate of drug-likeness (QED) is 0.741. The number of allylic oxidation sites excluding steroid dienone is 1. The van der Waals surface area contributed by atoms with Crippen LogP contribution in [0.4, 0.5) is 13.2 Å². The zero-order valence-electron chi connectivity index (χ0n) is 15.3. The van der Waals surface area contributed by atoms with Crippen molar-refractivity contribution in [3.63, 3.8) is 0 Å². The third-order valence-corrected chi connectivity index (χ3v) is 4.85. The molecule has 0 N–H and O–H groups in total. The van der Waals surface area contributed by atoms with Gasteiger partial charge < -0.3 is 9.64 Å². The Labute approximate surface area is 160 Å². The highest BCUT2D eigenvalue weighted by atomic mass is 19.1. The number of benzene rings is 2. The summed E-state index contributed by atoms with van der Waals surface area (Å²) >= 11 is 0. The molecule has 1 aliphatic heterocycles. The van der Waals surface area contributed by atoms with Crippen LogP contribution in [0.15, 0.2) is 53.7 Å². The molecule has 3 rings (SSSR count). The Balaban J connectivity index is 2.07. The van der Waals surface area contributed by atoms with Crippen LogP contribution in [0.1, 0.15) is 30.4 Å². The number of rotatable bonds is 4. The summed E-state index contributed by atoms with van der Waals surface area (Å²) in [6, 6.07) is 8.98. The van der Waals surface area contributed by atoms with Gasteiger partial charge in [-0.1, -0.05) is 24.3 Å². The number of methoxy groups -OCH3 is 1. The lowest BCUT2D eigenvalue weighted by atomic mass is 9.83. The van der Waals surface area contributed by atoms with E-state index >= 15 is 0 Å². The molecule has 146 valence electrons. The molecule has 1 heterocycles. The fraction of sp³-hybridized carbons (Fsp3) is 0.238. The van der Waals surface area contributed by atoms with Gasteiger partial charge in [0.2, 0.25) is 5.91 Å². The first-order valence-corrected chi connectivity index (χ1v) is 8.61. The summed E-state index contributed by atoms with van der Waals surface area (Å²) in [5, 5.41) is 0. The minimum atomic E-state index is -0.919. The van der Waals surface area contributed by atoms with E-state index in [9.17, 15) is 22.8 Å². The lowest BCUT2D eigenvalue weighted by molar-refractivity contribution is -0.138. The fourth-order valence-electron chi connectivity index (χ4n) is 3.42. The number of amides is 1. The molecule has 4 nitrogen and oxygen atoms in total. The van der Waals surface area contributed by atoms with Gasteiger partial charge in [0.15, 0.2) is 0 Å². The molecule has 1 atom stereocenters. The van der Waals surface area contributed by atoms with Crippen molar-refractivity contribution in [1.82, 2.24) is 4.90 Å². The molecular formula is C21H18F3NO3. The van der Waals surface area contributed by atoms with E-state index in [1.807, 2.05) is 0 Å². The van der Waals surface area contributed by atoms with Crippen LogP contribution >= 0.6 is 0 Å². The van der Waals surface area contributed by atoms with Crippen molar-refractivity contribution in [3.8, 4) is 0 Å². The number of halogens is 3. The maximum Gasteiger partial charge on any atom is 0.336 e. The predicted molar refractivity (Wildman–Crippen MR) is 95.4 cm³/mol. The summed E-state index contributed by atoms with van der Waals surface area (Å²) < 4.78 is 46.5. The van der Waals surface area contributed by atoms with Crippen molar-refractivity contribution in [2.75, 3.05) is 7.11 Å². The van der Waals surface area contributed by atoms with Crippen LogP contribution in [0, 0.1) is 17.5 Å². The van der Waals surface area contributed by atoms with E-state index in [4.69, 9.17) is 4.74 Å². The van der Waals surface area contributed by atoms with Gasteiger partial charge in [0, 0.05) is 29.7 Å². The van der Waals surface area contributed by atoms with E-state index in [1.54, 1.807) is 12.1 Å². The minimum Gasteiger partial charge on any atom is -0.466 e. The second-order valence-corrected chi connectivity index (χ2v) is 6.48. The molecular weight excluding hydrogens is 371 g/mol. The highest BCUT2D eigenvalue weighted by molar-refractivity contribution is 5.95. The number of nitrogens with zero attached hydrogens (tertiary/aromatic N) is 1. The Kier molecular flexibility index (Phi) is 5.53. The van der Waals surface area contributed by atoms with Gasteiger partial charge in [-0.3, -0.25) is 4.79 Å². The van der Waals surface area contributed by atoms with Gasteiger partial charge in [0.05, 0.1) is 19.2 Å². The second kappa shape index (κ2) is 7.88. The van der Waals surface area contributed by atoms with E-state index in [1.165, 1.54) is 37.1 Å². The van der Waals surface area contributed by atoms with Crippen molar-refractivity contribution >= 4 is 11.9 Å². The summed E-state index contributed by atoms with van der Waals surface area (Å²) in [6.07, 6.45) is -0.223. The molecule has 0 saturated carbocycles. The van der Waals surface area contributed by atoms with E-state index < -0.39 is 35.2 Å². The van der Waals surface area contributed by atoms with Crippen LogP contribution in [0.2, 0.25) is 0 Å². The number of ether oxygens (including phenoxy) is 1. The van der Waals surface area contributed by atoms with Crippen molar-refractivity contribution in [2.24, 2.45) is 0 Å². The van der Waals surface area contributed by atoms with Gasteiger partial charge in [0.25, 0.3) is 0 Å². The smallest absolute Gasteiger partial charge is 0.336 e. The molecule has 7 heteroatoms. The Bertz CT molecular complexity index is 971. The van der Waals surface area contributed by atoms with E-state index in [0.717, 1.165) is 6.07 Å². The largest absolute Gasteiger partial charge is 0.466 e. The Morgan fingerprint density at radius 1 is 1.14 bits per heavy atom. The van der Waals surface area contributed by atoms with Crippen LogP contribution in [0.3, 0.4) is 0 Å². The zero-order chi connectivity index (χ0) is 20.4. The SMILES string of the molecule is COC(=O)C1=C(C)N(Cc2ccccc2F)C(=O)C[C@H]1c1ccc(F)cc1F. The number of hydrogen-bond acceptors (Lipinski definition) is 3. The average molecular weight is 389 g/mol. The molecule has 0 spiro atoms. The van der Waals surface area contributed by atoms with Gasteiger partial charge in [-0.15, -0.1) is 0 Å². The van der Waals surface area contributed by atoms with Gasteiger partial charge in [-0.25, -0.2) is 18.0 Å². The molecule has 0 aliphatic carbocycles. The van der Waals surface area contributed by atoms with Crippen molar-refractivity contribution in [1.29, 1.82) is 0 Å². The highest BCUT2D eigenvalue weighted by Crippen LogP contribution is 2.38. The monoisotopic (exact) mass is 389 g/mol. The van der Waals surface area contributed by atoms with Crippen molar-refractivity contribution in [2.45, 2.75) is 25.8 Å². The highest BCUT2D eigenvalue weighted by Gasteiger charge is 2.38. The zero-order valence-corrected chi connectivity index (χ0v) is 15.3. The van der Waals surface area contributed by atoms with Crippen molar-refractivity contribution in [3.05, 3.63) is 82.3 Å². The summed E-state index contributed by atoms with van der Waals surface area (Å²) in [4.78, 5) is 26.5. The normalized spacial score (nSPS) is 17.1. The summed E-state index contributed by atoms with van der Waals surface area (Å²) in [5.74, 6) is -4.13. The summed E-state index contributed by atoms with van der Waals surface area (Å²) in [7, 11) is 1.18. The Morgan fingerprint density at radius 2 is 1.86 bits per heavy atom. The van der Waals surface area contributed by atoms with Crippen LogP contribution < -0.4 is 0 Å². The lowest BCUT2D eigenvalue weighted by Gasteiger charge is -2.34. The van der Waals surface area contributed by atoms with Crippen LogP contribution in [-0.2, 0) is 20.9 Å². The molecule has 0 fully saturated rings. The molecule has 28 heavy (non-hydrogen) atoms. The molecule has 0 bridgehead atoms. The Hall–Kier alpha value is -3.09. The standard InChI is InChI=1S/C21H18F3NO3/c1-12-20(21(27)28-2)16(15-8-7-14(22)9-18(15)24)10-19(26)25(12)11-13-5-3-4-6-17(13)23/h3-9,16H,10-11H2,1-2H3/t16-/m0/s1. The summed E-state index contributed by atoms with van der Waals surface area (Å²) in [6.45, 7) is 1.45. The first-order valence-electron chi connectivity index (χ1n) is 8.61. The van der Waals surface area contributed by atoms with Crippen molar-refractivity contribution < 1.29 is 27.5 Å². The van der Waals surface area contributed by atoms with Gasteiger partial charge >= 0.3 is 5.97 Å². The molecule has 1 amide bonds. The van der Waals surface area contributed by atoms with E-state index in [2.05, 4.69) is 0 Å². The van der Waals surface area contributed by atoms with Gasteiger partial charge in [-0.2, -0.15) is 0 Å². The summed E-state index contributed by atoms with van der Waals surface area (Å²) in [5.41, 5.74) is 0.648. The third-order valence-electron chi connectivity index (χ3n) is 4.85. The number of carbonyl (C=O) groups excluding carboxylic acids is 2. The third kappa shape index (κ3) is 3.65. The predicted octanol–water partition coefficient (Wildman–Crippen LogP) is 4.07. The number of esters is 1. The first-order chi connectivity index (χ1) is 13.3. The first kappa shape index (κ1) is 19.7. The molecule has 2 aromatic carbocycles. The number of carbonyl (C=O) groups is 2. The van der Waals surface area contributed by atoms with E-state index in [-0.39, 0.29) is 35.4 Å². The van der Waals surface area contributed by atoms with Crippen LogP contribution in [-0.4, -0.2) is 23.9 Å². The van der Waals surface area contributed by atoms with E-state index in [0.29, 0.717) is 6.07 Å². The average Bonchev–Trinajstić information content (AvgIpc) is 2.65. The molecule has 0 aromatic heterocycles. The minimum absolute atomic E-state index is 0.0278. The maximum atomic E-state index is 14.3. The second-order valence-electron chi connectivity index (χ2n) is 6.48.